The van der Waals surface area contributed by atoms with Crippen LogP contribution in [-0.2, 0) is 4.74 Å². The van der Waals surface area contributed by atoms with Gasteiger partial charge in [-0.1, -0.05) is 52.3 Å². The van der Waals surface area contributed by atoms with Gasteiger partial charge in [0.1, 0.15) is 5.01 Å². The van der Waals surface area contributed by atoms with Crippen LogP contribution in [-0.4, -0.2) is 7.11 Å². The number of ether oxygens (including phenoxy) is 1. The minimum Gasteiger partial charge on any atom is -0.365 e. The predicted octanol–water partition coefficient (Wildman–Crippen LogP) is 3.88. The van der Waals surface area contributed by atoms with Crippen molar-refractivity contribution in [2.24, 2.45) is 0 Å². The number of methoxy groups -OCH3 is 1. The quantitative estimate of drug-likeness (QED) is 0.736. The first-order valence-electron chi connectivity index (χ1n) is 4.47. The van der Waals surface area contributed by atoms with Gasteiger partial charge in [0.25, 0.3) is 0 Å². The molecular formula is C12H11BrO. The van der Waals surface area contributed by atoms with Gasteiger partial charge in [-0.25, -0.2) is 0 Å². The van der Waals surface area contributed by atoms with Crippen LogP contribution >= 0.6 is 15.9 Å². The molecule has 72 valence electrons. The van der Waals surface area contributed by atoms with E-state index >= 15 is 0 Å². The third-order valence-corrected chi connectivity index (χ3v) is 3.15. The Kier molecular flexibility index (Phi) is 2.85. The van der Waals surface area contributed by atoms with Crippen LogP contribution in [0.1, 0.15) is 10.6 Å². The second-order valence-corrected chi connectivity index (χ2v) is 3.99. The maximum atomic E-state index is 5.20. The van der Waals surface area contributed by atoms with Crippen LogP contribution in [0.3, 0.4) is 0 Å². The molecule has 0 spiro atoms. The number of alkyl halides is 1. The average Bonchev–Trinajstić information content (AvgIpc) is 2.27. The Balaban J connectivity index is 2.51. The molecule has 0 aromatic heterocycles. The molecule has 0 N–H and O–H groups in total. The van der Waals surface area contributed by atoms with Crippen LogP contribution in [0.4, 0.5) is 0 Å². The molecule has 0 aliphatic heterocycles. The van der Waals surface area contributed by atoms with Crippen molar-refractivity contribution < 1.29 is 4.74 Å². The Labute approximate surface area is 91.8 Å². The number of hydrogen-bond donors (Lipinski definition) is 0. The fraction of sp³-hybridized carbons (Fsp3) is 0.167. The third-order valence-electron chi connectivity index (χ3n) is 2.24. The molecule has 1 nitrogen and oxygen atoms in total. The second kappa shape index (κ2) is 4.11. The molecule has 2 heteroatoms. The summed E-state index contributed by atoms with van der Waals surface area (Å²) >= 11 is 3.45. The molecule has 2 aromatic carbocycles. The van der Waals surface area contributed by atoms with Gasteiger partial charge in [-0.05, 0) is 22.4 Å². The first kappa shape index (κ1) is 9.69. The zero-order valence-electron chi connectivity index (χ0n) is 7.91. The number of hydrogen-bond acceptors (Lipinski definition) is 1. The van der Waals surface area contributed by atoms with Crippen molar-refractivity contribution >= 4 is 26.7 Å². The lowest BCUT2D eigenvalue weighted by Crippen LogP contribution is -1.91. The van der Waals surface area contributed by atoms with Crippen molar-refractivity contribution in [3.8, 4) is 0 Å². The van der Waals surface area contributed by atoms with Crippen LogP contribution in [0.25, 0.3) is 10.8 Å². The average molecular weight is 251 g/mol. The molecule has 0 heterocycles. The fourth-order valence-electron chi connectivity index (χ4n) is 1.49. The summed E-state index contributed by atoms with van der Waals surface area (Å²) in [5, 5.41) is 2.48. The minimum absolute atomic E-state index is 0.0212. The Bertz CT molecular complexity index is 439. The van der Waals surface area contributed by atoms with Crippen molar-refractivity contribution in [2.45, 2.75) is 5.01 Å². The lowest BCUT2D eigenvalue weighted by atomic mass is 10.1. The maximum absolute atomic E-state index is 5.20. The molecular weight excluding hydrogens is 240 g/mol. The fourth-order valence-corrected chi connectivity index (χ4v) is 1.77. The van der Waals surface area contributed by atoms with E-state index in [9.17, 15) is 0 Å². The second-order valence-electron chi connectivity index (χ2n) is 3.16. The van der Waals surface area contributed by atoms with Gasteiger partial charge in [-0.15, -0.1) is 0 Å². The van der Waals surface area contributed by atoms with Gasteiger partial charge in [0, 0.05) is 7.11 Å². The highest BCUT2D eigenvalue weighted by atomic mass is 79.9. The zero-order chi connectivity index (χ0) is 9.97. The Hall–Kier alpha value is -0.860. The summed E-state index contributed by atoms with van der Waals surface area (Å²) in [6, 6.07) is 14.6. The molecule has 0 bridgehead atoms. The van der Waals surface area contributed by atoms with Gasteiger partial charge in [0.2, 0.25) is 0 Å². The molecule has 0 aliphatic rings. The van der Waals surface area contributed by atoms with E-state index in [-0.39, 0.29) is 5.01 Å². The van der Waals surface area contributed by atoms with Crippen molar-refractivity contribution in [1.82, 2.24) is 0 Å². The summed E-state index contributed by atoms with van der Waals surface area (Å²) in [5.41, 5.74) is 1.14. The molecule has 2 rings (SSSR count). The third kappa shape index (κ3) is 1.81. The van der Waals surface area contributed by atoms with Crippen LogP contribution < -0.4 is 0 Å². The van der Waals surface area contributed by atoms with E-state index in [1.54, 1.807) is 7.11 Å². The van der Waals surface area contributed by atoms with E-state index in [2.05, 4.69) is 46.3 Å². The summed E-state index contributed by atoms with van der Waals surface area (Å²) < 4.78 is 5.20. The van der Waals surface area contributed by atoms with E-state index < -0.39 is 0 Å². The lowest BCUT2D eigenvalue weighted by molar-refractivity contribution is 0.181. The summed E-state index contributed by atoms with van der Waals surface area (Å²) in [7, 11) is 1.69. The van der Waals surface area contributed by atoms with Crippen molar-refractivity contribution in [1.29, 1.82) is 0 Å². The first-order chi connectivity index (χ1) is 6.81. The molecule has 0 aliphatic carbocycles. The van der Waals surface area contributed by atoms with Gasteiger partial charge in [0.15, 0.2) is 0 Å². The maximum Gasteiger partial charge on any atom is 0.137 e. The number of rotatable bonds is 2. The molecule has 0 fully saturated rings. The summed E-state index contributed by atoms with van der Waals surface area (Å²) in [4.78, 5) is 0. The van der Waals surface area contributed by atoms with E-state index in [1.807, 2.05) is 12.1 Å². The topological polar surface area (TPSA) is 9.23 Å². The van der Waals surface area contributed by atoms with Crippen molar-refractivity contribution in [2.75, 3.05) is 7.11 Å². The van der Waals surface area contributed by atoms with Gasteiger partial charge in [-0.3, -0.25) is 0 Å². The number of fused-ring (bicyclic) bond motifs is 1. The number of halogens is 1. The molecule has 2 aromatic rings. The Morgan fingerprint density at radius 2 is 1.79 bits per heavy atom. The summed E-state index contributed by atoms with van der Waals surface area (Å²) in [6.07, 6.45) is 0. The van der Waals surface area contributed by atoms with Crippen LogP contribution in [0.5, 0.6) is 0 Å². The van der Waals surface area contributed by atoms with Crippen LogP contribution in [0, 0.1) is 0 Å². The zero-order valence-corrected chi connectivity index (χ0v) is 9.49. The van der Waals surface area contributed by atoms with Gasteiger partial charge in [-0.2, -0.15) is 0 Å². The van der Waals surface area contributed by atoms with E-state index in [4.69, 9.17) is 4.74 Å². The van der Waals surface area contributed by atoms with Gasteiger partial charge < -0.3 is 4.74 Å². The number of benzene rings is 2. The molecule has 1 atom stereocenters. The highest BCUT2D eigenvalue weighted by Crippen LogP contribution is 2.26. The molecule has 0 saturated heterocycles. The predicted molar refractivity (Wildman–Crippen MR) is 62.6 cm³/mol. The van der Waals surface area contributed by atoms with E-state index in [1.165, 1.54) is 10.8 Å². The molecule has 0 saturated carbocycles. The Morgan fingerprint density at radius 3 is 2.50 bits per heavy atom. The molecule has 0 radical (unpaired) electrons. The van der Waals surface area contributed by atoms with Gasteiger partial charge >= 0.3 is 0 Å². The van der Waals surface area contributed by atoms with E-state index in [0.717, 1.165) is 5.56 Å². The summed E-state index contributed by atoms with van der Waals surface area (Å²) in [5.74, 6) is 0. The first-order valence-corrected chi connectivity index (χ1v) is 5.38. The highest BCUT2D eigenvalue weighted by molar-refractivity contribution is 9.09. The Morgan fingerprint density at radius 1 is 1.07 bits per heavy atom. The molecule has 14 heavy (non-hydrogen) atoms. The standard InChI is InChI=1S/C12H11BrO/c1-14-12(13)11-7-6-9-4-2-3-5-10(9)8-11/h2-8,12H,1H3. The normalized spacial score (nSPS) is 13.0. The SMILES string of the molecule is COC(Br)c1ccc2ccccc2c1. The monoisotopic (exact) mass is 250 g/mol. The molecule has 1 unspecified atom stereocenters. The van der Waals surface area contributed by atoms with Gasteiger partial charge in [0.05, 0.1) is 0 Å². The highest BCUT2D eigenvalue weighted by Gasteiger charge is 2.05. The summed E-state index contributed by atoms with van der Waals surface area (Å²) in [6.45, 7) is 0. The smallest absolute Gasteiger partial charge is 0.137 e. The largest absolute Gasteiger partial charge is 0.365 e. The van der Waals surface area contributed by atoms with Crippen LogP contribution in [0.15, 0.2) is 42.5 Å². The minimum atomic E-state index is -0.0212. The van der Waals surface area contributed by atoms with Crippen molar-refractivity contribution in [3.63, 3.8) is 0 Å². The molecule has 0 amide bonds. The lowest BCUT2D eigenvalue weighted by Gasteiger charge is -2.08. The van der Waals surface area contributed by atoms with Crippen LogP contribution in [0.2, 0.25) is 0 Å². The van der Waals surface area contributed by atoms with Crippen molar-refractivity contribution in [3.05, 3.63) is 48.0 Å². The van der Waals surface area contributed by atoms with E-state index in [0.29, 0.717) is 0 Å².